The van der Waals surface area contributed by atoms with Crippen LogP contribution in [-0.4, -0.2) is 51.0 Å². The van der Waals surface area contributed by atoms with Crippen LogP contribution in [0.3, 0.4) is 0 Å². The van der Waals surface area contributed by atoms with Gasteiger partial charge >= 0.3 is 0 Å². The summed E-state index contributed by atoms with van der Waals surface area (Å²) in [4.78, 5) is 5.66. The number of rotatable bonds is 8. The van der Waals surface area contributed by atoms with Crippen molar-refractivity contribution in [2.75, 3.05) is 27.2 Å². The minimum absolute atomic E-state index is 0.252. The summed E-state index contributed by atoms with van der Waals surface area (Å²) in [5.41, 5.74) is -0.105. The highest BCUT2D eigenvalue weighted by Gasteiger charge is 2.24. The van der Waals surface area contributed by atoms with E-state index in [2.05, 4.69) is 15.6 Å². The highest BCUT2D eigenvalue weighted by atomic mass is 32.2. The van der Waals surface area contributed by atoms with Crippen LogP contribution in [0.5, 0.6) is 0 Å². The summed E-state index contributed by atoms with van der Waals surface area (Å²) < 4.78 is 25.4. The molecule has 0 spiro atoms. The third-order valence-electron chi connectivity index (χ3n) is 4.12. The van der Waals surface area contributed by atoms with Crippen LogP contribution < -0.4 is 10.6 Å². The van der Waals surface area contributed by atoms with Crippen LogP contribution in [0.1, 0.15) is 24.3 Å². The highest BCUT2D eigenvalue weighted by molar-refractivity contribution is 7.89. The molecule has 1 unspecified atom stereocenters. The predicted octanol–water partition coefficient (Wildman–Crippen LogP) is 1.96. The van der Waals surface area contributed by atoms with Crippen molar-refractivity contribution in [3.05, 3.63) is 52.2 Å². The van der Waals surface area contributed by atoms with E-state index in [9.17, 15) is 13.5 Å². The Morgan fingerprint density at radius 1 is 1.21 bits per heavy atom. The molecule has 1 heterocycles. The average Bonchev–Trinajstić information content (AvgIpc) is 3.20. The van der Waals surface area contributed by atoms with Gasteiger partial charge in [-0.1, -0.05) is 18.2 Å². The maximum absolute atomic E-state index is 12.1. The van der Waals surface area contributed by atoms with Crippen molar-refractivity contribution >= 4 is 27.3 Å². The third kappa shape index (κ3) is 5.78. The number of benzene rings is 1. The number of thiophene rings is 1. The summed E-state index contributed by atoms with van der Waals surface area (Å²) in [6, 6.07) is 10.5. The molecular formula is C19H28N4O3S2. The van der Waals surface area contributed by atoms with E-state index in [-0.39, 0.29) is 4.90 Å². The molecule has 2 aromatic rings. The molecule has 2 rings (SSSR count). The van der Waals surface area contributed by atoms with Crippen LogP contribution in [0.2, 0.25) is 0 Å². The molecule has 1 atom stereocenters. The Hall–Kier alpha value is -1.94. The quantitative estimate of drug-likeness (QED) is 0.445. The summed E-state index contributed by atoms with van der Waals surface area (Å²) in [6.07, 6.45) is 0. The van der Waals surface area contributed by atoms with E-state index >= 15 is 0 Å². The van der Waals surface area contributed by atoms with Gasteiger partial charge in [0.05, 0.1) is 18.0 Å². The normalized spacial score (nSPS) is 14.7. The van der Waals surface area contributed by atoms with Gasteiger partial charge in [0.2, 0.25) is 10.0 Å². The third-order valence-corrected chi connectivity index (χ3v) is 7.07. The Labute approximate surface area is 171 Å². The van der Waals surface area contributed by atoms with Crippen molar-refractivity contribution in [1.29, 1.82) is 0 Å². The summed E-state index contributed by atoms with van der Waals surface area (Å²) in [6.45, 7) is 5.12. The van der Waals surface area contributed by atoms with Crippen molar-refractivity contribution < 1.29 is 13.5 Å². The van der Waals surface area contributed by atoms with Crippen molar-refractivity contribution in [2.24, 2.45) is 4.99 Å². The van der Waals surface area contributed by atoms with Crippen molar-refractivity contribution in [2.45, 2.75) is 30.9 Å². The molecule has 0 aliphatic carbocycles. The minimum atomic E-state index is -3.43. The van der Waals surface area contributed by atoms with Gasteiger partial charge in [-0.05, 0) is 43.0 Å². The number of hydrogen-bond donors (Lipinski definition) is 3. The lowest BCUT2D eigenvalue weighted by Crippen LogP contribution is -2.44. The average molecular weight is 425 g/mol. The van der Waals surface area contributed by atoms with Crippen LogP contribution in [0, 0.1) is 0 Å². The largest absolute Gasteiger partial charge is 0.383 e. The Balaban J connectivity index is 2.04. The smallest absolute Gasteiger partial charge is 0.242 e. The van der Waals surface area contributed by atoms with Gasteiger partial charge in [0.15, 0.2) is 5.96 Å². The molecule has 0 saturated carbocycles. The molecule has 3 N–H and O–H groups in total. The fourth-order valence-corrected chi connectivity index (χ4v) is 4.11. The lowest BCUT2D eigenvalue weighted by Gasteiger charge is -2.23. The van der Waals surface area contributed by atoms with Gasteiger partial charge in [-0.25, -0.2) is 17.7 Å². The number of aliphatic hydroxyl groups is 1. The van der Waals surface area contributed by atoms with Gasteiger partial charge in [0.25, 0.3) is 0 Å². The van der Waals surface area contributed by atoms with Gasteiger partial charge < -0.3 is 15.7 Å². The predicted molar refractivity (Wildman–Crippen MR) is 114 cm³/mol. The monoisotopic (exact) mass is 424 g/mol. The van der Waals surface area contributed by atoms with E-state index < -0.39 is 15.6 Å². The Morgan fingerprint density at radius 3 is 2.43 bits per heavy atom. The van der Waals surface area contributed by atoms with Gasteiger partial charge in [-0.2, -0.15) is 0 Å². The van der Waals surface area contributed by atoms with Gasteiger partial charge in [0.1, 0.15) is 5.60 Å². The molecule has 1 aromatic carbocycles. The Kier molecular flexibility index (Phi) is 7.59. The van der Waals surface area contributed by atoms with Crippen LogP contribution in [0.25, 0.3) is 0 Å². The van der Waals surface area contributed by atoms with Gasteiger partial charge in [0, 0.05) is 25.5 Å². The van der Waals surface area contributed by atoms with E-state index in [1.807, 2.05) is 24.4 Å². The Bertz CT molecular complexity index is 874. The standard InChI is InChI=1S/C19H28N4O3S2/c1-5-20-18(22-14-19(2,24)17-7-6-12-27-17)21-13-15-8-10-16(11-9-15)28(25,26)23(3)4/h6-12,24H,5,13-14H2,1-4H3,(H2,20,21,22). The zero-order chi connectivity index (χ0) is 20.8. The zero-order valence-electron chi connectivity index (χ0n) is 16.6. The first-order chi connectivity index (χ1) is 13.2. The number of nitrogens with zero attached hydrogens (tertiary/aromatic N) is 2. The summed E-state index contributed by atoms with van der Waals surface area (Å²) in [5, 5.41) is 18.9. The second-order valence-electron chi connectivity index (χ2n) is 6.73. The molecule has 0 amide bonds. The molecule has 154 valence electrons. The summed E-state index contributed by atoms with van der Waals surface area (Å²) >= 11 is 1.51. The minimum Gasteiger partial charge on any atom is -0.383 e. The number of guanidine groups is 1. The lowest BCUT2D eigenvalue weighted by molar-refractivity contribution is 0.0655. The number of nitrogens with one attached hydrogen (secondary N) is 2. The number of aliphatic imine (C=N–C) groups is 1. The molecule has 1 aromatic heterocycles. The molecule has 7 nitrogen and oxygen atoms in total. The molecular weight excluding hydrogens is 396 g/mol. The fourth-order valence-electron chi connectivity index (χ4n) is 2.42. The lowest BCUT2D eigenvalue weighted by atomic mass is 10.1. The van der Waals surface area contributed by atoms with Gasteiger partial charge in [-0.3, -0.25) is 0 Å². The van der Waals surface area contributed by atoms with E-state index in [1.165, 1.54) is 29.7 Å². The van der Waals surface area contributed by atoms with Crippen LogP contribution in [0.15, 0.2) is 51.7 Å². The SMILES string of the molecule is CCNC(=NCc1ccc(S(=O)(=O)N(C)C)cc1)NCC(C)(O)c1cccs1. The van der Waals surface area contributed by atoms with Crippen LogP contribution in [0.4, 0.5) is 0 Å². The second-order valence-corrected chi connectivity index (χ2v) is 9.83. The van der Waals surface area contributed by atoms with Crippen LogP contribution >= 0.6 is 11.3 Å². The first kappa shape index (κ1) is 22.4. The molecule has 28 heavy (non-hydrogen) atoms. The topological polar surface area (TPSA) is 94.0 Å². The molecule has 9 heteroatoms. The van der Waals surface area contributed by atoms with E-state index in [0.29, 0.717) is 25.6 Å². The summed E-state index contributed by atoms with van der Waals surface area (Å²) in [5.74, 6) is 0.587. The maximum atomic E-state index is 12.1. The molecule has 0 fully saturated rings. The molecule has 0 saturated heterocycles. The van der Waals surface area contributed by atoms with Crippen LogP contribution in [-0.2, 0) is 22.2 Å². The second kappa shape index (κ2) is 9.51. The van der Waals surface area contributed by atoms with Crippen molar-refractivity contribution in [1.82, 2.24) is 14.9 Å². The van der Waals surface area contributed by atoms with E-state index in [1.54, 1.807) is 31.2 Å². The van der Waals surface area contributed by atoms with Crippen molar-refractivity contribution in [3.63, 3.8) is 0 Å². The highest BCUT2D eigenvalue weighted by Crippen LogP contribution is 2.24. The van der Waals surface area contributed by atoms with E-state index in [4.69, 9.17) is 0 Å². The molecule has 0 radical (unpaired) electrons. The summed E-state index contributed by atoms with van der Waals surface area (Å²) in [7, 11) is -0.420. The first-order valence-corrected chi connectivity index (χ1v) is 11.3. The van der Waals surface area contributed by atoms with E-state index in [0.717, 1.165) is 10.4 Å². The maximum Gasteiger partial charge on any atom is 0.242 e. The first-order valence-electron chi connectivity index (χ1n) is 8.97. The number of hydrogen-bond acceptors (Lipinski definition) is 5. The Morgan fingerprint density at radius 2 is 1.89 bits per heavy atom. The van der Waals surface area contributed by atoms with Gasteiger partial charge in [-0.15, -0.1) is 11.3 Å². The zero-order valence-corrected chi connectivity index (χ0v) is 18.3. The molecule has 0 aliphatic rings. The van der Waals surface area contributed by atoms with Crippen molar-refractivity contribution in [3.8, 4) is 0 Å². The molecule has 0 bridgehead atoms. The molecule has 0 aliphatic heterocycles. The number of sulfonamides is 1. The fraction of sp³-hybridized carbons (Fsp3) is 0.421.